The van der Waals surface area contributed by atoms with Crippen molar-refractivity contribution in [1.29, 1.82) is 0 Å². The van der Waals surface area contributed by atoms with Crippen molar-refractivity contribution in [1.82, 2.24) is 0 Å². The Bertz CT molecular complexity index is 297. The van der Waals surface area contributed by atoms with Gasteiger partial charge in [-0.05, 0) is 18.2 Å². The maximum atomic E-state index is 4.91. The molecule has 1 aliphatic rings. The van der Waals surface area contributed by atoms with Gasteiger partial charge in [-0.15, -0.1) is 0 Å². The van der Waals surface area contributed by atoms with Crippen molar-refractivity contribution < 1.29 is 9.78 Å². The highest BCUT2D eigenvalue weighted by atomic mass is 17.2. The third-order valence-electron chi connectivity index (χ3n) is 1.92. The fourth-order valence-corrected chi connectivity index (χ4v) is 1.19. The largest absolute Gasteiger partial charge is 0.378 e. The highest BCUT2D eigenvalue weighted by Gasteiger charge is 2.13. The molecule has 1 heterocycles. The molecule has 0 aliphatic carbocycles. The summed E-state index contributed by atoms with van der Waals surface area (Å²) in [4.78, 5) is 11.8. The molecule has 1 aliphatic heterocycles. The lowest BCUT2D eigenvalue weighted by molar-refractivity contribution is -0.194. The Balaban J connectivity index is 2.39. The van der Waals surface area contributed by atoms with E-state index >= 15 is 0 Å². The number of benzene rings is 1. The van der Waals surface area contributed by atoms with Gasteiger partial charge in [0.1, 0.15) is 6.61 Å². The van der Waals surface area contributed by atoms with Crippen LogP contribution < -0.4 is 9.79 Å². The van der Waals surface area contributed by atoms with Gasteiger partial charge in [0.2, 0.25) is 0 Å². The Morgan fingerprint density at radius 3 is 2.92 bits per heavy atom. The highest BCUT2D eigenvalue weighted by Crippen LogP contribution is 2.29. The molecule has 0 bridgehead atoms. The van der Waals surface area contributed by atoms with Gasteiger partial charge in [-0.3, -0.25) is 0 Å². The summed E-state index contributed by atoms with van der Waals surface area (Å²) in [7, 11) is 4.02. The standard InChI is InChI=1S/C9H11NO2/c1-10(2)8-3-4-9-7(5-8)6-11-12-9/h3-5H,6H2,1-2H3. The SMILES string of the molecule is CN(C)c1ccc2c(c1)COO2. The molecule has 0 fully saturated rings. The van der Waals surface area contributed by atoms with Gasteiger partial charge in [0.05, 0.1) is 0 Å². The molecule has 1 aromatic rings. The summed E-state index contributed by atoms with van der Waals surface area (Å²) in [5.41, 5.74) is 2.28. The number of hydrogen-bond donors (Lipinski definition) is 0. The fourth-order valence-electron chi connectivity index (χ4n) is 1.19. The van der Waals surface area contributed by atoms with Crippen molar-refractivity contribution in [2.24, 2.45) is 0 Å². The molecule has 0 N–H and O–H groups in total. The highest BCUT2D eigenvalue weighted by molar-refractivity contribution is 5.52. The van der Waals surface area contributed by atoms with E-state index in [-0.39, 0.29) is 0 Å². The lowest BCUT2D eigenvalue weighted by Crippen LogP contribution is -2.08. The average Bonchev–Trinajstić information content (AvgIpc) is 2.49. The molecule has 0 saturated heterocycles. The van der Waals surface area contributed by atoms with E-state index in [2.05, 4.69) is 11.0 Å². The van der Waals surface area contributed by atoms with E-state index in [1.807, 2.05) is 26.2 Å². The lowest BCUT2D eigenvalue weighted by atomic mass is 10.2. The first kappa shape index (κ1) is 7.43. The zero-order valence-electron chi connectivity index (χ0n) is 7.20. The Hall–Kier alpha value is -1.22. The molecule has 0 saturated carbocycles. The summed E-state index contributed by atoms with van der Waals surface area (Å²) in [6, 6.07) is 6.01. The number of rotatable bonds is 1. The molecule has 0 aromatic heterocycles. The van der Waals surface area contributed by atoms with Crippen LogP contribution in [0.4, 0.5) is 5.69 Å². The van der Waals surface area contributed by atoms with Crippen LogP contribution in [0, 0.1) is 0 Å². The summed E-state index contributed by atoms with van der Waals surface area (Å²) in [6.07, 6.45) is 0. The molecular weight excluding hydrogens is 154 g/mol. The second-order valence-corrected chi connectivity index (χ2v) is 3.03. The van der Waals surface area contributed by atoms with Gasteiger partial charge in [0.25, 0.3) is 0 Å². The molecule has 0 radical (unpaired) electrons. The van der Waals surface area contributed by atoms with Gasteiger partial charge in [0, 0.05) is 25.3 Å². The van der Waals surface area contributed by atoms with Crippen molar-refractivity contribution in [2.75, 3.05) is 19.0 Å². The van der Waals surface area contributed by atoms with Crippen molar-refractivity contribution >= 4 is 5.69 Å². The maximum absolute atomic E-state index is 4.91. The van der Waals surface area contributed by atoms with Crippen molar-refractivity contribution in [3.63, 3.8) is 0 Å². The number of hydrogen-bond acceptors (Lipinski definition) is 3. The van der Waals surface area contributed by atoms with Gasteiger partial charge in [-0.2, -0.15) is 4.89 Å². The Labute approximate surface area is 71.4 Å². The van der Waals surface area contributed by atoms with E-state index in [4.69, 9.17) is 9.78 Å². The number of anilines is 1. The van der Waals surface area contributed by atoms with Crippen LogP contribution in [0.3, 0.4) is 0 Å². The Morgan fingerprint density at radius 1 is 1.33 bits per heavy atom. The molecule has 64 valence electrons. The number of nitrogens with zero attached hydrogens (tertiary/aromatic N) is 1. The smallest absolute Gasteiger partial charge is 0.171 e. The van der Waals surface area contributed by atoms with Crippen molar-refractivity contribution in [3.05, 3.63) is 23.8 Å². The summed E-state index contributed by atoms with van der Waals surface area (Å²) >= 11 is 0. The van der Waals surface area contributed by atoms with E-state index in [1.54, 1.807) is 0 Å². The molecule has 1 aromatic carbocycles. The average molecular weight is 165 g/mol. The first-order chi connectivity index (χ1) is 5.77. The normalized spacial score (nSPS) is 13.8. The molecular formula is C9H11NO2. The van der Waals surface area contributed by atoms with Crippen LogP contribution in [-0.2, 0) is 11.5 Å². The van der Waals surface area contributed by atoms with E-state index < -0.39 is 0 Å². The van der Waals surface area contributed by atoms with E-state index in [1.165, 1.54) is 5.69 Å². The van der Waals surface area contributed by atoms with Crippen LogP contribution in [0.15, 0.2) is 18.2 Å². The van der Waals surface area contributed by atoms with Gasteiger partial charge in [0.15, 0.2) is 5.75 Å². The second-order valence-electron chi connectivity index (χ2n) is 3.03. The minimum atomic E-state index is 0.553. The third-order valence-corrected chi connectivity index (χ3v) is 1.92. The molecule has 2 rings (SSSR count). The quantitative estimate of drug-likeness (QED) is 0.590. The van der Waals surface area contributed by atoms with Crippen LogP contribution in [0.5, 0.6) is 5.75 Å². The van der Waals surface area contributed by atoms with Gasteiger partial charge >= 0.3 is 0 Å². The first-order valence-corrected chi connectivity index (χ1v) is 3.87. The van der Waals surface area contributed by atoms with Crippen LogP contribution >= 0.6 is 0 Å². The van der Waals surface area contributed by atoms with Crippen LogP contribution in [0.1, 0.15) is 5.56 Å². The molecule has 0 atom stereocenters. The Morgan fingerprint density at radius 2 is 2.17 bits per heavy atom. The first-order valence-electron chi connectivity index (χ1n) is 3.87. The summed E-state index contributed by atoms with van der Waals surface area (Å²) < 4.78 is 0. The topological polar surface area (TPSA) is 21.7 Å². The third kappa shape index (κ3) is 1.12. The summed E-state index contributed by atoms with van der Waals surface area (Å²) in [6.45, 7) is 0.553. The Kier molecular flexibility index (Phi) is 1.66. The minimum absolute atomic E-state index is 0.553. The summed E-state index contributed by atoms with van der Waals surface area (Å²) in [5.74, 6) is 0.834. The van der Waals surface area contributed by atoms with Crippen LogP contribution in [0.2, 0.25) is 0 Å². The predicted octanol–water partition coefficient (Wildman–Crippen LogP) is 1.58. The predicted molar refractivity (Wildman–Crippen MR) is 46.2 cm³/mol. The molecule has 3 nitrogen and oxygen atoms in total. The van der Waals surface area contributed by atoms with Gasteiger partial charge in [-0.1, -0.05) is 0 Å². The van der Waals surface area contributed by atoms with E-state index in [0.717, 1.165) is 11.3 Å². The second kappa shape index (κ2) is 2.68. The van der Waals surface area contributed by atoms with Crippen molar-refractivity contribution in [2.45, 2.75) is 6.61 Å². The molecule has 0 unspecified atom stereocenters. The van der Waals surface area contributed by atoms with E-state index in [0.29, 0.717) is 6.61 Å². The zero-order valence-corrected chi connectivity index (χ0v) is 7.20. The maximum Gasteiger partial charge on any atom is 0.171 e. The monoisotopic (exact) mass is 165 g/mol. The zero-order chi connectivity index (χ0) is 8.55. The van der Waals surface area contributed by atoms with Gasteiger partial charge in [-0.25, -0.2) is 0 Å². The van der Waals surface area contributed by atoms with Crippen LogP contribution in [0.25, 0.3) is 0 Å². The van der Waals surface area contributed by atoms with Crippen molar-refractivity contribution in [3.8, 4) is 5.75 Å². The lowest BCUT2D eigenvalue weighted by Gasteiger charge is -2.12. The molecule has 12 heavy (non-hydrogen) atoms. The molecule has 0 spiro atoms. The van der Waals surface area contributed by atoms with Gasteiger partial charge < -0.3 is 9.79 Å². The minimum Gasteiger partial charge on any atom is -0.378 e. The number of fused-ring (bicyclic) bond motifs is 1. The van der Waals surface area contributed by atoms with Crippen LogP contribution in [-0.4, -0.2) is 14.1 Å². The fraction of sp³-hybridized carbons (Fsp3) is 0.333. The summed E-state index contributed by atoms with van der Waals surface area (Å²) in [5, 5.41) is 0. The molecule has 0 amide bonds. The molecule has 3 heteroatoms. The van der Waals surface area contributed by atoms with E-state index in [9.17, 15) is 0 Å².